The molecule has 0 bridgehead atoms. The minimum absolute atomic E-state index is 0.0917. The number of thioether (sulfide) groups is 1. The molecule has 0 aliphatic heterocycles. The van der Waals surface area contributed by atoms with Crippen LogP contribution in [0.3, 0.4) is 0 Å². The fourth-order valence-electron chi connectivity index (χ4n) is 2.39. The first-order chi connectivity index (χ1) is 12.9. The minimum Gasteiger partial charge on any atom is -0.330 e. The molecule has 0 aliphatic carbocycles. The van der Waals surface area contributed by atoms with Gasteiger partial charge in [-0.2, -0.15) is 5.10 Å². The summed E-state index contributed by atoms with van der Waals surface area (Å²) in [6.07, 6.45) is 1.68. The summed E-state index contributed by atoms with van der Waals surface area (Å²) >= 11 is 2.82. The largest absolute Gasteiger partial charge is 0.330 e. The lowest BCUT2D eigenvalue weighted by Gasteiger charge is -2.14. The number of para-hydroxylation sites is 1. The Morgan fingerprint density at radius 2 is 1.96 bits per heavy atom. The van der Waals surface area contributed by atoms with E-state index in [4.69, 9.17) is 0 Å². The van der Waals surface area contributed by atoms with Crippen LogP contribution in [0, 0.1) is 6.92 Å². The molecule has 7 nitrogen and oxygen atoms in total. The molecule has 3 aromatic rings. The third-order valence-electron chi connectivity index (χ3n) is 3.85. The quantitative estimate of drug-likeness (QED) is 0.567. The van der Waals surface area contributed by atoms with Gasteiger partial charge in [0.05, 0.1) is 11.4 Å². The van der Waals surface area contributed by atoms with Gasteiger partial charge in [-0.05, 0) is 39.3 Å². The molecular weight excluding hydrogens is 380 g/mol. The average Bonchev–Trinajstić information content (AvgIpc) is 3.26. The lowest BCUT2D eigenvalue weighted by Crippen LogP contribution is -2.24. The molecule has 1 amide bonds. The molecule has 142 valence electrons. The summed E-state index contributed by atoms with van der Waals surface area (Å²) in [5.41, 5.74) is 2.13. The van der Waals surface area contributed by atoms with Crippen LogP contribution in [-0.2, 0) is 4.79 Å². The number of anilines is 3. The first kappa shape index (κ1) is 19.4. The van der Waals surface area contributed by atoms with E-state index in [1.807, 2.05) is 52.0 Å². The number of benzene rings is 1. The highest BCUT2D eigenvalue weighted by molar-refractivity contribution is 8.02. The van der Waals surface area contributed by atoms with Crippen molar-refractivity contribution < 1.29 is 4.79 Å². The van der Waals surface area contributed by atoms with Crippen LogP contribution in [-0.4, -0.2) is 31.1 Å². The minimum atomic E-state index is -0.306. The Labute approximate surface area is 166 Å². The molecule has 0 saturated heterocycles. The first-order valence-corrected chi connectivity index (χ1v) is 10.3. The molecule has 3 rings (SSSR count). The summed E-state index contributed by atoms with van der Waals surface area (Å²) in [7, 11) is 0. The fourth-order valence-corrected chi connectivity index (χ4v) is 4.30. The van der Waals surface area contributed by atoms with Crippen molar-refractivity contribution in [1.82, 2.24) is 20.0 Å². The predicted octanol–water partition coefficient (Wildman–Crippen LogP) is 4.49. The van der Waals surface area contributed by atoms with E-state index < -0.39 is 0 Å². The second-order valence-electron chi connectivity index (χ2n) is 6.32. The van der Waals surface area contributed by atoms with Crippen molar-refractivity contribution in [2.75, 3.05) is 10.6 Å². The smallest absolute Gasteiger partial charge is 0.238 e. The number of carbonyl (C=O) groups excluding carboxylic acids is 1. The number of amides is 1. The Balaban J connectivity index is 1.60. The number of hydrogen-bond acceptors (Lipinski definition) is 7. The normalized spacial score (nSPS) is 12.2. The van der Waals surface area contributed by atoms with Gasteiger partial charge in [-0.1, -0.05) is 41.3 Å². The van der Waals surface area contributed by atoms with Crippen molar-refractivity contribution in [3.05, 3.63) is 42.1 Å². The monoisotopic (exact) mass is 402 g/mol. The molecule has 0 unspecified atom stereocenters. The van der Waals surface area contributed by atoms with Crippen LogP contribution in [0.2, 0.25) is 0 Å². The van der Waals surface area contributed by atoms with Gasteiger partial charge in [-0.15, -0.1) is 10.2 Å². The summed E-state index contributed by atoms with van der Waals surface area (Å²) < 4.78 is 2.52. The third-order valence-corrected chi connectivity index (χ3v) is 5.87. The average molecular weight is 403 g/mol. The van der Waals surface area contributed by atoms with Gasteiger partial charge in [0.2, 0.25) is 11.0 Å². The maximum Gasteiger partial charge on any atom is 0.238 e. The van der Waals surface area contributed by atoms with Gasteiger partial charge >= 0.3 is 0 Å². The van der Waals surface area contributed by atoms with E-state index in [0.29, 0.717) is 10.9 Å². The number of carbonyl (C=O) groups is 1. The van der Waals surface area contributed by atoms with Gasteiger partial charge in [0.1, 0.15) is 5.82 Å². The molecule has 2 heterocycles. The Morgan fingerprint density at radius 3 is 2.70 bits per heavy atom. The maximum absolute atomic E-state index is 12.5. The fraction of sp³-hybridized carbons (Fsp3) is 0.333. The van der Waals surface area contributed by atoms with Crippen LogP contribution in [0.1, 0.15) is 32.4 Å². The number of aryl methyl sites for hydroxylation is 1. The van der Waals surface area contributed by atoms with Crippen LogP contribution in [0.15, 0.2) is 40.9 Å². The van der Waals surface area contributed by atoms with E-state index >= 15 is 0 Å². The molecule has 9 heteroatoms. The number of hydrogen-bond donors (Lipinski definition) is 2. The Hall–Kier alpha value is -2.39. The number of nitrogens with one attached hydrogen (secondary N) is 2. The van der Waals surface area contributed by atoms with Crippen LogP contribution in [0.4, 0.5) is 16.6 Å². The summed E-state index contributed by atoms with van der Waals surface area (Å²) in [5.74, 6) is 0.604. The Bertz CT molecular complexity index is 920. The highest BCUT2D eigenvalue weighted by Gasteiger charge is 2.19. The highest BCUT2D eigenvalue weighted by atomic mass is 32.2. The van der Waals surface area contributed by atoms with Gasteiger partial charge in [0.15, 0.2) is 4.34 Å². The van der Waals surface area contributed by atoms with E-state index in [2.05, 4.69) is 25.9 Å². The van der Waals surface area contributed by atoms with Crippen molar-refractivity contribution in [2.24, 2.45) is 0 Å². The van der Waals surface area contributed by atoms with Gasteiger partial charge in [-0.3, -0.25) is 4.79 Å². The molecular formula is C18H22N6OS2. The van der Waals surface area contributed by atoms with Crippen molar-refractivity contribution in [1.29, 1.82) is 0 Å². The summed E-state index contributed by atoms with van der Waals surface area (Å²) in [6, 6.07) is 9.97. The van der Waals surface area contributed by atoms with E-state index in [9.17, 15) is 4.79 Å². The van der Waals surface area contributed by atoms with Gasteiger partial charge in [-0.25, -0.2) is 4.68 Å². The highest BCUT2D eigenvalue weighted by Crippen LogP contribution is 2.31. The lowest BCUT2D eigenvalue weighted by atomic mass is 10.2. The van der Waals surface area contributed by atoms with Crippen LogP contribution >= 0.6 is 23.1 Å². The molecule has 2 N–H and O–H groups in total. The third kappa shape index (κ3) is 4.86. The van der Waals surface area contributed by atoms with E-state index in [1.54, 1.807) is 16.9 Å². The summed E-state index contributed by atoms with van der Waals surface area (Å²) in [5, 5.41) is 19.2. The van der Waals surface area contributed by atoms with Crippen LogP contribution in [0.5, 0.6) is 0 Å². The van der Waals surface area contributed by atoms with Crippen molar-refractivity contribution in [3.8, 4) is 0 Å². The molecule has 0 spiro atoms. The SMILES string of the molecule is Cc1ccccc1Nc1nnc(S[C@H](C)C(=O)Nc2ccnn2C(C)C)s1. The lowest BCUT2D eigenvalue weighted by molar-refractivity contribution is -0.115. The van der Waals surface area contributed by atoms with Crippen molar-refractivity contribution >= 4 is 45.6 Å². The number of aromatic nitrogens is 4. The first-order valence-electron chi connectivity index (χ1n) is 8.61. The van der Waals surface area contributed by atoms with Gasteiger partial charge < -0.3 is 10.6 Å². The van der Waals surface area contributed by atoms with Crippen molar-refractivity contribution in [2.45, 2.75) is 43.3 Å². The molecule has 0 aliphatic rings. The van der Waals surface area contributed by atoms with Crippen molar-refractivity contribution in [3.63, 3.8) is 0 Å². The summed E-state index contributed by atoms with van der Waals surface area (Å²) in [4.78, 5) is 12.5. The molecule has 1 atom stereocenters. The van der Waals surface area contributed by atoms with Gasteiger partial charge in [0, 0.05) is 17.8 Å². The molecule has 0 fully saturated rings. The molecule has 27 heavy (non-hydrogen) atoms. The number of rotatable bonds is 7. The van der Waals surface area contributed by atoms with E-state index in [0.717, 1.165) is 15.6 Å². The molecule has 1 aromatic carbocycles. The number of nitrogens with zero attached hydrogens (tertiary/aromatic N) is 4. The topological polar surface area (TPSA) is 84.7 Å². The molecule has 0 radical (unpaired) electrons. The van der Waals surface area contributed by atoms with E-state index in [1.165, 1.54) is 23.1 Å². The molecule has 2 aromatic heterocycles. The zero-order valence-electron chi connectivity index (χ0n) is 15.6. The second-order valence-corrected chi connectivity index (χ2v) is 8.88. The Kier molecular flexibility index (Phi) is 6.12. The standard InChI is InChI=1S/C18H22N6OS2/c1-11(2)24-15(9-10-19-24)21-16(25)13(4)26-18-23-22-17(27-18)20-14-8-6-5-7-12(14)3/h5-11,13H,1-4H3,(H,20,22)(H,21,25)/t13-/m1/s1. The van der Waals surface area contributed by atoms with Gasteiger partial charge in [0.25, 0.3) is 0 Å². The zero-order chi connectivity index (χ0) is 19.4. The summed E-state index contributed by atoms with van der Waals surface area (Å²) in [6.45, 7) is 7.93. The van der Waals surface area contributed by atoms with Crippen LogP contribution < -0.4 is 10.6 Å². The predicted molar refractivity (Wildman–Crippen MR) is 111 cm³/mol. The molecule has 0 saturated carbocycles. The van der Waals surface area contributed by atoms with E-state index in [-0.39, 0.29) is 17.2 Å². The Morgan fingerprint density at radius 1 is 1.19 bits per heavy atom. The zero-order valence-corrected chi connectivity index (χ0v) is 17.3. The van der Waals surface area contributed by atoms with Crippen LogP contribution in [0.25, 0.3) is 0 Å². The maximum atomic E-state index is 12.5. The second kappa shape index (κ2) is 8.53.